The van der Waals surface area contributed by atoms with Gasteiger partial charge in [-0.05, 0) is 36.1 Å². The van der Waals surface area contributed by atoms with Gasteiger partial charge < -0.3 is 20.5 Å². The number of nitrogens with one attached hydrogen (secondary N) is 2. The molecule has 2 atom stereocenters. The van der Waals surface area contributed by atoms with Gasteiger partial charge in [0.25, 0.3) is 0 Å². The normalized spacial score (nSPS) is 13.7. The van der Waals surface area contributed by atoms with Crippen molar-refractivity contribution < 1.29 is 41.0 Å². The number of aliphatic hydroxyl groups is 1. The molecular weight excluding hydrogens is 609 g/mol. The van der Waals surface area contributed by atoms with Gasteiger partial charge in [-0.25, -0.2) is 18.2 Å². The highest BCUT2D eigenvalue weighted by Crippen LogP contribution is 2.26. The number of fused-ring (bicyclic) bond motifs is 1. The maximum absolute atomic E-state index is 13.9. The van der Waals surface area contributed by atoms with Crippen LogP contribution in [0, 0.1) is 5.92 Å². The number of hydrogen-bond donors (Lipinski definition) is 3. The molecule has 0 aliphatic heterocycles. The number of thiazole rings is 1. The van der Waals surface area contributed by atoms with Crippen LogP contribution in [0.1, 0.15) is 32.3 Å². The van der Waals surface area contributed by atoms with E-state index in [1.54, 1.807) is 53.3 Å². The third-order valence-electron chi connectivity index (χ3n) is 6.89. The molecule has 236 valence electrons. The number of rotatable bonds is 15. The predicted octanol–water partition coefficient (Wildman–Crippen LogP) is 4.10. The fourth-order valence-electron chi connectivity index (χ4n) is 4.34. The van der Waals surface area contributed by atoms with Gasteiger partial charge in [0.15, 0.2) is 0 Å². The van der Waals surface area contributed by atoms with Crippen LogP contribution in [0.5, 0.6) is 0 Å². The minimum atomic E-state index is -5.07. The molecule has 0 saturated heterocycles. The summed E-state index contributed by atoms with van der Waals surface area (Å²) in [5, 5.41) is 15.5. The minimum absolute atomic E-state index is 0.00603. The van der Waals surface area contributed by atoms with Crippen LogP contribution in [-0.2, 0) is 26.0 Å². The number of hydrogen-bond acceptors (Lipinski definition) is 8. The molecule has 3 N–H and O–H groups in total. The fraction of sp³-hybridized carbons (Fsp3) is 0.464. The Morgan fingerprint density at radius 3 is 2.44 bits per heavy atom. The summed E-state index contributed by atoms with van der Waals surface area (Å²) < 4.78 is 71.7. The number of halogens is 3. The van der Waals surface area contributed by atoms with Crippen LogP contribution in [-0.4, -0.2) is 79.4 Å². The third kappa shape index (κ3) is 9.88. The molecule has 1 heterocycles. The first kappa shape index (κ1) is 34.2. The van der Waals surface area contributed by atoms with Crippen LogP contribution in [0.3, 0.4) is 0 Å². The third-order valence-corrected chi connectivity index (χ3v) is 9.51. The molecule has 0 radical (unpaired) electrons. The van der Waals surface area contributed by atoms with Gasteiger partial charge in [-0.1, -0.05) is 57.0 Å². The van der Waals surface area contributed by atoms with Crippen LogP contribution in [0.25, 0.3) is 10.2 Å². The first-order chi connectivity index (χ1) is 20.3. The highest BCUT2D eigenvalue weighted by atomic mass is 32.2. The minimum Gasteiger partial charge on any atom is -0.448 e. The smallest absolute Gasteiger partial charge is 0.448 e. The summed E-state index contributed by atoms with van der Waals surface area (Å²) in [5.41, 5.74) is 3.02. The Bertz CT molecular complexity index is 1450. The van der Waals surface area contributed by atoms with Gasteiger partial charge in [0, 0.05) is 13.1 Å². The number of alkyl halides is 3. The lowest BCUT2D eigenvalue weighted by Gasteiger charge is -2.31. The Balaban J connectivity index is 1.79. The van der Waals surface area contributed by atoms with Crippen molar-refractivity contribution in [3.05, 3.63) is 59.6 Å². The highest BCUT2D eigenvalue weighted by molar-refractivity contribution is 7.89. The van der Waals surface area contributed by atoms with Gasteiger partial charge in [0.05, 0.1) is 39.3 Å². The molecule has 10 nitrogen and oxygen atoms in total. The largest absolute Gasteiger partial charge is 0.471 e. The second-order valence-electron chi connectivity index (χ2n) is 9.88. The summed E-state index contributed by atoms with van der Waals surface area (Å²) in [6, 6.07) is 12.5. The number of alkyl carbamates (subject to hydrolysis) is 1. The number of amides is 2. The summed E-state index contributed by atoms with van der Waals surface area (Å²) in [5.74, 6) is -2.16. The van der Waals surface area contributed by atoms with Crippen LogP contribution in [0.4, 0.5) is 18.0 Å². The van der Waals surface area contributed by atoms with Crippen molar-refractivity contribution in [2.24, 2.45) is 5.92 Å². The molecule has 1 aromatic heterocycles. The Morgan fingerprint density at radius 1 is 1.09 bits per heavy atom. The molecule has 3 aromatic rings. The summed E-state index contributed by atoms with van der Waals surface area (Å²) in [6.07, 6.45) is -6.00. The number of aromatic nitrogens is 1. The Hall–Kier alpha value is -3.27. The van der Waals surface area contributed by atoms with Gasteiger partial charge in [-0.3, -0.25) is 4.79 Å². The van der Waals surface area contributed by atoms with Crippen molar-refractivity contribution in [2.75, 3.05) is 26.2 Å². The van der Waals surface area contributed by atoms with E-state index >= 15 is 0 Å². The van der Waals surface area contributed by atoms with Crippen molar-refractivity contribution >= 4 is 43.6 Å². The van der Waals surface area contributed by atoms with Gasteiger partial charge in [-0.2, -0.15) is 17.5 Å². The van der Waals surface area contributed by atoms with E-state index in [1.165, 1.54) is 21.7 Å². The van der Waals surface area contributed by atoms with E-state index < -0.39 is 53.5 Å². The van der Waals surface area contributed by atoms with Crippen molar-refractivity contribution in [1.82, 2.24) is 19.9 Å². The number of ether oxygens (including phenoxy) is 1. The Kier molecular flexibility index (Phi) is 12.3. The van der Waals surface area contributed by atoms with E-state index in [0.29, 0.717) is 23.1 Å². The van der Waals surface area contributed by atoms with Crippen LogP contribution >= 0.6 is 11.3 Å². The molecule has 0 saturated carbocycles. The lowest BCUT2D eigenvalue weighted by Crippen LogP contribution is -2.51. The number of sulfonamides is 1. The van der Waals surface area contributed by atoms with Crippen molar-refractivity contribution in [3.8, 4) is 0 Å². The van der Waals surface area contributed by atoms with Crippen molar-refractivity contribution in [3.63, 3.8) is 0 Å². The van der Waals surface area contributed by atoms with Crippen LogP contribution in [0.15, 0.2) is 58.9 Å². The summed E-state index contributed by atoms with van der Waals surface area (Å²) in [4.78, 5) is 27.7. The zero-order valence-electron chi connectivity index (χ0n) is 23.7. The van der Waals surface area contributed by atoms with E-state index in [9.17, 15) is 36.3 Å². The lowest BCUT2D eigenvalue weighted by atomic mass is 10.0. The fourth-order valence-corrected chi connectivity index (χ4v) is 6.69. The van der Waals surface area contributed by atoms with Gasteiger partial charge in [0.2, 0.25) is 10.0 Å². The first-order valence-electron chi connectivity index (χ1n) is 13.7. The molecular formula is C28H35F3N4O6S2. The SMILES string of the molecule is CCC(CC)CN(C[C@@H](O)[C@H](Cc1ccccc1)NC(=O)OCCNC(=O)C(F)(F)F)S(=O)(=O)c1ccc2ncsc2c1. The molecule has 3 rings (SSSR count). The molecule has 0 bridgehead atoms. The molecule has 0 unspecified atom stereocenters. The first-order valence-corrected chi connectivity index (χ1v) is 16.0. The summed E-state index contributed by atoms with van der Waals surface area (Å²) in [7, 11) is -4.08. The highest BCUT2D eigenvalue weighted by Gasteiger charge is 2.38. The number of benzene rings is 2. The monoisotopic (exact) mass is 644 g/mol. The average Bonchev–Trinajstić information content (AvgIpc) is 3.45. The zero-order valence-corrected chi connectivity index (χ0v) is 25.3. The second-order valence-corrected chi connectivity index (χ2v) is 12.7. The molecule has 0 aliphatic carbocycles. The maximum Gasteiger partial charge on any atom is 0.471 e. The van der Waals surface area contributed by atoms with E-state index in [0.717, 1.165) is 5.56 Å². The van der Waals surface area contributed by atoms with E-state index in [-0.39, 0.29) is 30.3 Å². The zero-order chi connectivity index (χ0) is 31.6. The molecule has 0 spiro atoms. The maximum atomic E-state index is 13.9. The molecule has 0 aliphatic rings. The van der Waals surface area contributed by atoms with Crippen molar-refractivity contribution in [2.45, 2.75) is 56.3 Å². The number of carbonyl (C=O) groups excluding carboxylic acids is 2. The predicted molar refractivity (Wildman–Crippen MR) is 156 cm³/mol. The second kappa shape index (κ2) is 15.5. The quantitative estimate of drug-likeness (QED) is 0.212. The van der Waals surface area contributed by atoms with E-state index in [1.807, 2.05) is 13.8 Å². The average molecular weight is 645 g/mol. The topological polar surface area (TPSA) is 138 Å². The molecule has 0 fully saturated rings. The van der Waals surface area contributed by atoms with Crippen molar-refractivity contribution in [1.29, 1.82) is 0 Å². The number of aliphatic hydroxyl groups excluding tert-OH is 1. The Morgan fingerprint density at radius 2 is 1.79 bits per heavy atom. The number of carbonyl (C=O) groups is 2. The van der Waals surface area contributed by atoms with E-state index in [4.69, 9.17) is 4.74 Å². The Labute approximate surface area is 252 Å². The summed E-state index contributed by atoms with van der Waals surface area (Å²) >= 11 is 1.31. The lowest BCUT2D eigenvalue weighted by molar-refractivity contribution is -0.173. The van der Waals surface area contributed by atoms with Gasteiger partial charge >= 0.3 is 18.2 Å². The van der Waals surface area contributed by atoms with Gasteiger partial charge in [0.1, 0.15) is 6.61 Å². The molecule has 15 heteroatoms. The van der Waals surface area contributed by atoms with Crippen LogP contribution in [0.2, 0.25) is 0 Å². The summed E-state index contributed by atoms with van der Waals surface area (Å²) in [6.45, 7) is 2.55. The molecule has 2 aromatic carbocycles. The molecule has 2 amide bonds. The number of nitrogens with zero attached hydrogens (tertiary/aromatic N) is 2. The standard InChI is InChI=1S/C28H35F3N4O6S2/c1-3-19(4-2)16-35(43(39,40)21-10-11-22-25(15-21)42-18-33-22)17-24(36)23(14-20-8-6-5-7-9-20)34-27(38)41-13-12-32-26(37)28(29,30)31/h5-11,15,18-19,23-24,36H,3-4,12-14,16-17H2,1-2H3,(H,32,37)(H,34,38)/t23-,24+/m0/s1. The molecule has 43 heavy (non-hydrogen) atoms. The van der Waals surface area contributed by atoms with E-state index in [2.05, 4.69) is 10.3 Å². The van der Waals surface area contributed by atoms with Crippen LogP contribution < -0.4 is 10.6 Å². The van der Waals surface area contributed by atoms with Gasteiger partial charge in [-0.15, -0.1) is 11.3 Å².